The average Bonchev–Trinajstić information content (AvgIpc) is 3.12. The number of carbonyl (C=O) groups excluding carboxylic acids is 2. The van der Waals surface area contributed by atoms with Gasteiger partial charge in [-0.05, 0) is 42.5 Å². The summed E-state index contributed by atoms with van der Waals surface area (Å²) in [5.74, 6) is -0.122. The van der Waals surface area contributed by atoms with E-state index in [4.69, 9.17) is 25.8 Å². The van der Waals surface area contributed by atoms with Crippen LogP contribution in [0.5, 0.6) is 17.2 Å². The molecule has 0 atom stereocenters. The maximum atomic E-state index is 12.9. The van der Waals surface area contributed by atoms with E-state index in [2.05, 4.69) is 15.6 Å². The maximum absolute atomic E-state index is 12.9. The van der Waals surface area contributed by atoms with Crippen molar-refractivity contribution in [3.05, 3.63) is 77.3 Å². The van der Waals surface area contributed by atoms with Crippen LogP contribution in [0.25, 0.3) is 0 Å². The van der Waals surface area contributed by atoms with Crippen LogP contribution in [0.3, 0.4) is 0 Å². The predicted molar refractivity (Wildman–Crippen MR) is 132 cm³/mol. The molecule has 3 N–H and O–H groups in total. The van der Waals surface area contributed by atoms with Crippen molar-refractivity contribution in [1.82, 2.24) is 10.9 Å². The maximum Gasteiger partial charge on any atom is 0.276 e. The number of anilines is 1. The second-order valence-electron chi connectivity index (χ2n) is 7.57. The summed E-state index contributed by atoms with van der Waals surface area (Å²) in [6.45, 7) is 0.532. The standard InChI is InChI=1S/C24H22ClN3O7S/c25-19-7-1-2-8-20(19)35-15-23(29)26-27-24(30)16-5-3-6-17(13-16)28-36(31,32)18-9-10-21-22(14-18)34-12-4-11-33-21/h1-3,5-10,13-14,28H,4,11-12,15H2,(H,26,29)(H,27,30). The quantitative estimate of drug-likeness (QED) is 0.399. The van der Waals surface area contributed by atoms with Gasteiger partial charge in [0.25, 0.3) is 21.8 Å². The third-order valence-electron chi connectivity index (χ3n) is 4.92. The van der Waals surface area contributed by atoms with Crippen LogP contribution in [0, 0.1) is 0 Å². The van der Waals surface area contributed by atoms with E-state index in [0.717, 1.165) is 0 Å². The fourth-order valence-corrected chi connectivity index (χ4v) is 4.44. The highest BCUT2D eigenvalue weighted by atomic mass is 35.5. The van der Waals surface area contributed by atoms with Gasteiger partial charge < -0.3 is 14.2 Å². The number of hydrazine groups is 1. The first kappa shape index (κ1) is 25.1. The van der Waals surface area contributed by atoms with Crippen LogP contribution in [0.15, 0.2) is 71.6 Å². The minimum absolute atomic E-state index is 0.0209. The molecule has 1 aliphatic heterocycles. The Morgan fingerprint density at radius 1 is 0.917 bits per heavy atom. The molecule has 0 saturated carbocycles. The zero-order valence-corrected chi connectivity index (χ0v) is 20.4. The third kappa shape index (κ3) is 6.37. The van der Waals surface area contributed by atoms with Crippen molar-refractivity contribution in [1.29, 1.82) is 0 Å². The summed E-state index contributed by atoms with van der Waals surface area (Å²) in [5.41, 5.74) is 4.75. The Morgan fingerprint density at radius 3 is 2.50 bits per heavy atom. The van der Waals surface area contributed by atoms with E-state index in [0.29, 0.717) is 41.9 Å². The number of ether oxygens (including phenoxy) is 3. The van der Waals surface area contributed by atoms with Gasteiger partial charge in [-0.2, -0.15) is 0 Å². The van der Waals surface area contributed by atoms with Crippen LogP contribution in [-0.2, 0) is 14.8 Å². The summed E-state index contributed by atoms with van der Waals surface area (Å²) in [4.78, 5) is 24.4. The first-order chi connectivity index (χ1) is 17.3. The molecule has 0 aliphatic carbocycles. The van der Waals surface area contributed by atoms with E-state index in [-0.39, 0.29) is 22.8 Å². The molecule has 0 fully saturated rings. The van der Waals surface area contributed by atoms with Crippen LogP contribution in [-0.4, -0.2) is 40.1 Å². The third-order valence-corrected chi connectivity index (χ3v) is 6.61. The van der Waals surface area contributed by atoms with Gasteiger partial charge in [-0.1, -0.05) is 29.8 Å². The van der Waals surface area contributed by atoms with Gasteiger partial charge in [0.2, 0.25) is 0 Å². The second kappa shape index (κ2) is 11.2. The summed E-state index contributed by atoms with van der Waals surface area (Å²) < 4.78 is 44.6. The number of sulfonamides is 1. The normalized spacial score (nSPS) is 12.7. The summed E-state index contributed by atoms with van der Waals surface area (Å²) in [5, 5.41) is 0.348. The lowest BCUT2D eigenvalue weighted by Crippen LogP contribution is -2.43. The SMILES string of the molecule is O=C(COc1ccccc1Cl)NNC(=O)c1cccc(NS(=O)(=O)c2ccc3c(c2)OCCCO3)c1. The van der Waals surface area contributed by atoms with Gasteiger partial charge in [-0.15, -0.1) is 0 Å². The smallest absolute Gasteiger partial charge is 0.276 e. The predicted octanol–water partition coefficient (Wildman–Crippen LogP) is 3.14. The zero-order chi connectivity index (χ0) is 25.5. The first-order valence-corrected chi connectivity index (χ1v) is 12.7. The van der Waals surface area contributed by atoms with Gasteiger partial charge in [0.1, 0.15) is 5.75 Å². The lowest BCUT2D eigenvalue weighted by atomic mass is 10.2. The number of hydrogen-bond acceptors (Lipinski definition) is 7. The number of rotatable bonds is 7. The number of nitrogens with one attached hydrogen (secondary N) is 3. The molecular weight excluding hydrogens is 510 g/mol. The summed E-state index contributed by atoms with van der Waals surface area (Å²) in [6, 6.07) is 16.8. The Labute approximate surface area is 212 Å². The number of amides is 2. The highest BCUT2D eigenvalue weighted by Crippen LogP contribution is 2.32. The molecule has 0 radical (unpaired) electrons. The Balaban J connectivity index is 1.36. The highest BCUT2D eigenvalue weighted by molar-refractivity contribution is 7.92. The molecule has 188 valence electrons. The number of carbonyl (C=O) groups is 2. The largest absolute Gasteiger partial charge is 0.490 e. The molecule has 4 rings (SSSR count). The van der Waals surface area contributed by atoms with Crippen molar-refractivity contribution in [2.45, 2.75) is 11.3 Å². The van der Waals surface area contributed by atoms with Crippen LogP contribution < -0.4 is 29.8 Å². The fourth-order valence-electron chi connectivity index (χ4n) is 3.19. The molecule has 12 heteroatoms. The van der Waals surface area contributed by atoms with E-state index in [9.17, 15) is 18.0 Å². The Morgan fingerprint density at radius 2 is 1.69 bits per heavy atom. The summed E-state index contributed by atoms with van der Waals surface area (Å²) in [7, 11) is -3.98. The summed E-state index contributed by atoms with van der Waals surface area (Å²) in [6.07, 6.45) is 0.693. The van der Waals surface area contributed by atoms with Crippen LogP contribution in [0.2, 0.25) is 5.02 Å². The van der Waals surface area contributed by atoms with E-state index < -0.39 is 21.8 Å². The minimum Gasteiger partial charge on any atom is -0.490 e. The lowest BCUT2D eigenvalue weighted by Gasteiger charge is -2.13. The summed E-state index contributed by atoms with van der Waals surface area (Å²) >= 11 is 5.97. The number of benzene rings is 3. The Hall–Kier alpha value is -3.96. The monoisotopic (exact) mass is 531 g/mol. The topological polar surface area (TPSA) is 132 Å². The van der Waals surface area contributed by atoms with Crippen LogP contribution in [0.1, 0.15) is 16.8 Å². The molecule has 0 unspecified atom stereocenters. The van der Waals surface area contributed by atoms with Crippen molar-refractivity contribution in [2.24, 2.45) is 0 Å². The van der Waals surface area contributed by atoms with E-state index in [1.54, 1.807) is 24.3 Å². The molecule has 1 heterocycles. The van der Waals surface area contributed by atoms with Gasteiger partial charge in [-0.3, -0.25) is 25.2 Å². The van der Waals surface area contributed by atoms with Crippen molar-refractivity contribution >= 4 is 39.1 Å². The van der Waals surface area contributed by atoms with Crippen molar-refractivity contribution in [3.63, 3.8) is 0 Å². The number of halogens is 1. The molecule has 0 aromatic heterocycles. The second-order valence-corrected chi connectivity index (χ2v) is 9.66. The van der Waals surface area contributed by atoms with Gasteiger partial charge in [0, 0.05) is 23.7 Å². The average molecular weight is 532 g/mol. The van der Waals surface area contributed by atoms with E-state index in [1.165, 1.54) is 42.5 Å². The van der Waals surface area contributed by atoms with Crippen LogP contribution >= 0.6 is 11.6 Å². The number of hydrogen-bond donors (Lipinski definition) is 3. The van der Waals surface area contributed by atoms with Crippen molar-refractivity contribution in [3.8, 4) is 17.2 Å². The molecule has 2 amide bonds. The molecule has 3 aromatic rings. The number of fused-ring (bicyclic) bond motifs is 1. The lowest BCUT2D eigenvalue weighted by molar-refractivity contribution is -0.123. The van der Waals surface area contributed by atoms with Crippen molar-refractivity contribution < 1.29 is 32.2 Å². The van der Waals surface area contributed by atoms with E-state index >= 15 is 0 Å². The van der Waals surface area contributed by atoms with Gasteiger partial charge in [0.15, 0.2) is 18.1 Å². The molecule has 0 spiro atoms. The Kier molecular flexibility index (Phi) is 7.81. The molecule has 0 saturated heterocycles. The van der Waals surface area contributed by atoms with Gasteiger partial charge in [-0.25, -0.2) is 8.42 Å². The number of para-hydroxylation sites is 1. The van der Waals surface area contributed by atoms with Crippen LogP contribution in [0.4, 0.5) is 5.69 Å². The zero-order valence-electron chi connectivity index (χ0n) is 18.8. The molecule has 36 heavy (non-hydrogen) atoms. The highest BCUT2D eigenvalue weighted by Gasteiger charge is 2.19. The molecule has 0 bridgehead atoms. The van der Waals surface area contributed by atoms with E-state index in [1.807, 2.05) is 0 Å². The molecular formula is C24H22ClN3O7S. The minimum atomic E-state index is -3.98. The Bertz CT molecular complexity index is 1380. The molecule has 3 aromatic carbocycles. The van der Waals surface area contributed by atoms with Gasteiger partial charge in [0.05, 0.1) is 23.1 Å². The fraction of sp³-hybridized carbons (Fsp3) is 0.167. The van der Waals surface area contributed by atoms with Gasteiger partial charge >= 0.3 is 0 Å². The van der Waals surface area contributed by atoms with Crippen molar-refractivity contribution in [2.75, 3.05) is 24.5 Å². The molecule has 10 nitrogen and oxygen atoms in total. The first-order valence-electron chi connectivity index (χ1n) is 10.8. The molecule has 1 aliphatic rings.